The first-order chi connectivity index (χ1) is 9.15. The average Bonchev–Trinajstić information content (AvgIpc) is 2.81. The number of hydrogen-bond acceptors (Lipinski definition) is 4. The molecule has 1 aromatic heterocycles. The van der Waals surface area contributed by atoms with Gasteiger partial charge in [-0.15, -0.1) is 11.3 Å². The van der Waals surface area contributed by atoms with Gasteiger partial charge in [-0.2, -0.15) is 0 Å². The Labute approximate surface area is 129 Å². The lowest BCUT2D eigenvalue weighted by Crippen LogP contribution is -2.04. The highest BCUT2D eigenvalue weighted by Crippen LogP contribution is 2.36. The van der Waals surface area contributed by atoms with Gasteiger partial charge in [-0.3, -0.25) is 0 Å². The van der Waals surface area contributed by atoms with Crippen LogP contribution in [0.3, 0.4) is 0 Å². The Kier molecular flexibility index (Phi) is 5.10. The fourth-order valence-electron chi connectivity index (χ4n) is 1.66. The molecule has 6 heteroatoms. The van der Waals surface area contributed by atoms with E-state index in [0.29, 0.717) is 29.7 Å². The summed E-state index contributed by atoms with van der Waals surface area (Å²) in [6, 6.07) is 5.51. The molecule has 0 radical (unpaired) electrons. The van der Waals surface area contributed by atoms with Gasteiger partial charge in [-0.05, 0) is 33.4 Å². The smallest absolute Gasteiger partial charge is 0.166 e. The maximum absolute atomic E-state index is 6.01. The van der Waals surface area contributed by atoms with E-state index < -0.39 is 0 Å². The van der Waals surface area contributed by atoms with E-state index in [1.54, 1.807) is 30.6 Å². The molecule has 102 valence electrons. The number of halogens is 2. The normalized spacial score (nSPS) is 10.5. The van der Waals surface area contributed by atoms with E-state index >= 15 is 0 Å². The third-order valence-electron chi connectivity index (χ3n) is 2.58. The second kappa shape index (κ2) is 6.61. The van der Waals surface area contributed by atoms with Crippen LogP contribution in [0.25, 0.3) is 0 Å². The Balaban J connectivity index is 2.26. The van der Waals surface area contributed by atoms with Crippen molar-refractivity contribution < 1.29 is 9.47 Å². The summed E-state index contributed by atoms with van der Waals surface area (Å²) in [4.78, 5) is 1.11. The molecule has 0 atom stereocenters. The van der Waals surface area contributed by atoms with Crippen molar-refractivity contribution in [2.24, 2.45) is 5.73 Å². The van der Waals surface area contributed by atoms with Crippen molar-refractivity contribution in [3.63, 3.8) is 0 Å². The van der Waals surface area contributed by atoms with Crippen LogP contribution in [-0.2, 0) is 13.2 Å². The summed E-state index contributed by atoms with van der Waals surface area (Å²) in [6.07, 6.45) is 0. The molecule has 1 aromatic carbocycles. The first kappa shape index (κ1) is 14.7. The van der Waals surface area contributed by atoms with E-state index in [1.165, 1.54) is 0 Å². The van der Waals surface area contributed by atoms with E-state index in [1.807, 2.05) is 11.4 Å². The molecule has 2 rings (SSSR count). The Bertz CT molecular complexity index is 549. The van der Waals surface area contributed by atoms with Gasteiger partial charge in [0.2, 0.25) is 0 Å². The molecule has 2 N–H and O–H groups in total. The van der Waals surface area contributed by atoms with Crippen LogP contribution >= 0.6 is 38.9 Å². The zero-order chi connectivity index (χ0) is 13.8. The molecule has 0 aliphatic heterocycles. The van der Waals surface area contributed by atoms with Gasteiger partial charge in [-0.25, -0.2) is 0 Å². The highest BCUT2D eigenvalue weighted by Gasteiger charge is 2.13. The Morgan fingerprint density at radius 1 is 1.42 bits per heavy atom. The molecule has 0 saturated heterocycles. The third-order valence-corrected chi connectivity index (χ3v) is 4.69. The lowest BCUT2D eigenvalue weighted by Gasteiger charge is -2.14. The zero-order valence-electron chi connectivity index (χ0n) is 10.3. The predicted molar refractivity (Wildman–Crippen MR) is 82.2 cm³/mol. The van der Waals surface area contributed by atoms with Gasteiger partial charge >= 0.3 is 0 Å². The van der Waals surface area contributed by atoms with Crippen LogP contribution < -0.4 is 15.2 Å². The summed E-state index contributed by atoms with van der Waals surface area (Å²) in [5, 5.41) is 2.59. The molecule has 0 aliphatic carbocycles. The SMILES string of the molecule is COc1cc(Cl)cc(CN)c1OCc1sccc1Br. The van der Waals surface area contributed by atoms with E-state index in [0.717, 1.165) is 14.9 Å². The lowest BCUT2D eigenvalue weighted by atomic mass is 10.2. The second-order valence-corrected chi connectivity index (χ2v) is 6.07. The van der Waals surface area contributed by atoms with Crippen molar-refractivity contribution in [3.05, 3.63) is 43.5 Å². The van der Waals surface area contributed by atoms with E-state index in [2.05, 4.69) is 15.9 Å². The molecule has 1 heterocycles. The van der Waals surface area contributed by atoms with Crippen molar-refractivity contribution in [1.29, 1.82) is 0 Å². The summed E-state index contributed by atoms with van der Waals surface area (Å²) >= 11 is 11.1. The highest BCUT2D eigenvalue weighted by molar-refractivity contribution is 9.10. The molecule has 0 unspecified atom stereocenters. The number of hydrogen-bond donors (Lipinski definition) is 1. The van der Waals surface area contributed by atoms with Gasteiger partial charge < -0.3 is 15.2 Å². The predicted octanol–water partition coefficient (Wildman–Crippen LogP) is 4.21. The van der Waals surface area contributed by atoms with Crippen LogP contribution in [-0.4, -0.2) is 7.11 Å². The molecule has 0 saturated carbocycles. The van der Waals surface area contributed by atoms with Gasteiger partial charge in [-0.1, -0.05) is 11.6 Å². The molecular weight excluding hydrogens is 350 g/mol. The zero-order valence-corrected chi connectivity index (χ0v) is 13.4. The second-order valence-electron chi connectivity index (χ2n) is 3.78. The molecule has 0 aliphatic rings. The first-order valence-electron chi connectivity index (χ1n) is 5.57. The monoisotopic (exact) mass is 361 g/mol. The van der Waals surface area contributed by atoms with Gasteiger partial charge in [0.05, 0.1) is 12.0 Å². The summed E-state index contributed by atoms with van der Waals surface area (Å²) in [7, 11) is 1.58. The molecule has 0 fully saturated rings. The van der Waals surface area contributed by atoms with Crippen LogP contribution in [0.5, 0.6) is 11.5 Å². The number of nitrogens with two attached hydrogens (primary N) is 1. The number of methoxy groups -OCH3 is 1. The first-order valence-corrected chi connectivity index (χ1v) is 7.62. The Morgan fingerprint density at radius 3 is 2.79 bits per heavy atom. The van der Waals surface area contributed by atoms with Crippen LogP contribution in [0.1, 0.15) is 10.4 Å². The molecule has 2 aromatic rings. The fraction of sp³-hybridized carbons (Fsp3) is 0.231. The topological polar surface area (TPSA) is 44.5 Å². The van der Waals surface area contributed by atoms with E-state index in [-0.39, 0.29) is 0 Å². The maximum atomic E-state index is 6.01. The number of ether oxygens (including phenoxy) is 2. The highest BCUT2D eigenvalue weighted by atomic mass is 79.9. The van der Waals surface area contributed by atoms with Crippen LogP contribution in [0.4, 0.5) is 0 Å². The average molecular weight is 363 g/mol. The largest absolute Gasteiger partial charge is 0.493 e. The van der Waals surface area contributed by atoms with Crippen molar-refractivity contribution in [2.75, 3.05) is 7.11 Å². The van der Waals surface area contributed by atoms with Crippen molar-refractivity contribution in [3.8, 4) is 11.5 Å². The fourth-order valence-corrected chi connectivity index (χ4v) is 3.26. The third kappa shape index (κ3) is 3.42. The lowest BCUT2D eigenvalue weighted by molar-refractivity contribution is 0.283. The van der Waals surface area contributed by atoms with Crippen LogP contribution in [0.15, 0.2) is 28.1 Å². The number of rotatable bonds is 5. The van der Waals surface area contributed by atoms with Crippen molar-refractivity contribution in [2.45, 2.75) is 13.2 Å². The van der Waals surface area contributed by atoms with Crippen molar-refractivity contribution in [1.82, 2.24) is 0 Å². The molecule has 19 heavy (non-hydrogen) atoms. The molecule has 0 bridgehead atoms. The summed E-state index contributed by atoms with van der Waals surface area (Å²) < 4.78 is 12.2. The minimum absolute atomic E-state index is 0.345. The molecule has 0 spiro atoms. The minimum atomic E-state index is 0.345. The van der Waals surface area contributed by atoms with Gasteiger partial charge in [0.1, 0.15) is 6.61 Å². The van der Waals surface area contributed by atoms with Crippen LogP contribution in [0.2, 0.25) is 5.02 Å². The number of thiophene rings is 1. The molecule has 3 nitrogen and oxygen atoms in total. The van der Waals surface area contributed by atoms with Crippen molar-refractivity contribution >= 4 is 38.9 Å². The minimum Gasteiger partial charge on any atom is -0.493 e. The van der Waals surface area contributed by atoms with Gasteiger partial charge in [0.25, 0.3) is 0 Å². The summed E-state index contributed by atoms with van der Waals surface area (Å²) in [5.41, 5.74) is 6.55. The van der Waals surface area contributed by atoms with E-state index in [9.17, 15) is 0 Å². The Hall–Kier alpha value is -0.750. The Morgan fingerprint density at radius 2 is 2.21 bits per heavy atom. The number of benzene rings is 1. The van der Waals surface area contributed by atoms with Gasteiger partial charge in [0.15, 0.2) is 11.5 Å². The van der Waals surface area contributed by atoms with Gasteiger partial charge in [0, 0.05) is 27.7 Å². The van der Waals surface area contributed by atoms with Crippen LogP contribution in [0, 0.1) is 0 Å². The quantitative estimate of drug-likeness (QED) is 0.866. The standard InChI is InChI=1S/C13H13BrClNO2S/c1-17-11-5-9(15)4-8(6-16)13(11)18-7-12-10(14)2-3-19-12/h2-5H,6-7,16H2,1H3. The summed E-state index contributed by atoms with van der Waals surface area (Å²) in [5.74, 6) is 1.25. The maximum Gasteiger partial charge on any atom is 0.166 e. The van der Waals surface area contributed by atoms with E-state index in [4.69, 9.17) is 26.8 Å². The molecular formula is C13H13BrClNO2S. The summed E-state index contributed by atoms with van der Waals surface area (Å²) in [6.45, 7) is 0.807. The molecule has 0 amide bonds.